The van der Waals surface area contributed by atoms with Crippen molar-refractivity contribution >= 4 is 28.9 Å². The summed E-state index contributed by atoms with van der Waals surface area (Å²) in [6.07, 6.45) is 1.81. The number of ether oxygens (including phenoxy) is 1. The first-order valence-corrected chi connectivity index (χ1v) is 9.05. The number of hydrogen-bond donors (Lipinski definition) is 1. The number of benzene rings is 2. The van der Waals surface area contributed by atoms with E-state index in [0.717, 1.165) is 12.8 Å². The van der Waals surface area contributed by atoms with Crippen LogP contribution in [0.2, 0.25) is 5.02 Å². The molecule has 1 heterocycles. The number of carboxylic acids is 1. The van der Waals surface area contributed by atoms with Gasteiger partial charge in [-0.05, 0) is 36.6 Å². The summed E-state index contributed by atoms with van der Waals surface area (Å²) in [5.41, 5.74) is 2.01. The molecule has 0 amide bonds. The average molecular weight is 374 g/mol. The quantitative estimate of drug-likeness (QED) is 0.580. The molecule has 1 aromatic heterocycles. The zero-order valence-corrected chi connectivity index (χ0v) is 14.9. The van der Waals surface area contributed by atoms with Crippen molar-refractivity contribution in [3.63, 3.8) is 0 Å². The molecule has 0 aliphatic rings. The summed E-state index contributed by atoms with van der Waals surface area (Å²) in [5, 5.41) is 11.7. The van der Waals surface area contributed by atoms with Crippen LogP contribution in [-0.2, 0) is 6.42 Å². The fraction of sp³-hybridized carbons (Fsp3) is 0.158. The van der Waals surface area contributed by atoms with Gasteiger partial charge in [0.15, 0.2) is 5.69 Å². The molecular formula is C19H16ClNO3S. The van der Waals surface area contributed by atoms with Gasteiger partial charge in [0.1, 0.15) is 10.8 Å². The van der Waals surface area contributed by atoms with Gasteiger partial charge in [0.25, 0.3) is 0 Å². The number of rotatable bonds is 7. The molecule has 3 aromatic rings. The van der Waals surface area contributed by atoms with Gasteiger partial charge in [-0.15, -0.1) is 11.3 Å². The van der Waals surface area contributed by atoms with E-state index in [1.807, 2.05) is 18.2 Å². The third-order valence-electron chi connectivity index (χ3n) is 3.61. The molecule has 0 spiro atoms. The highest BCUT2D eigenvalue weighted by molar-refractivity contribution is 7.13. The maximum absolute atomic E-state index is 11.0. The lowest BCUT2D eigenvalue weighted by atomic mass is 10.1. The number of thiazole rings is 1. The molecule has 0 aliphatic heterocycles. The molecule has 0 fully saturated rings. The molecule has 1 N–H and O–H groups in total. The van der Waals surface area contributed by atoms with Crippen LogP contribution < -0.4 is 4.74 Å². The number of aryl methyl sites for hydroxylation is 1. The van der Waals surface area contributed by atoms with E-state index in [0.29, 0.717) is 28.0 Å². The third-order valence-corrected chi connectivity index (χ3v) is 4.72. The second kappa shape index (κ2) is 8.14. The van der Waals surface area contributed by atoms with Crippen LogP contribution in [0.15, 0.2) is 53.9 Å². The molecule has 0 bridgehead atoms. The van der Waals surface area contributed by atoms with Crippen molar-refractivity contribution < 1.29 is 14.6 Å². The monoisotopic (exact) mass is 373 g/mol. The largest absolute Gasteiger partial charge is 0.493 e. The van der Waals surface area contributed by atoms with Gasteiger partial charge in [0.05, 0.1) is 12.2 Å². The van der Waals surface area contributed by atoms with E-state index in [2.05, 4.69) is 17.1 Å². The van der Waals surface area contributed by atoms with Gasteiger partial charge in [-0.3, -0.25) is 0 Å². The lowest BCUT2D eigenvalue weighted by molar-refractivity contribution is 0.0691. The van der Waals surface area contributed by atoms with Crippen molar-refractivity contribution in [1.82, 2.24) is 4.98 Å². The van der Waals surface area contributed by atoms with Crippen LogP contribution in [0.5, 0.6) is 5.75 Å². The number of aromatic carboxylic acids is 1. The van der Waals surface area contributed by atoms with Crippen molar-refractivity contribution in [2.45, 2.75) is 12.8 Å². The van der Waals surface area contributed by atoms with Crippen LogP contribution in [0, 0.1) is 0 Å². The number of halogens is 1. The Morgan fingerprint density at radius 2 is 2.00 bits per heavy atom. The van der Waals surface area contributed by atoms with Crippen LogP contribution in [-0.4, -0.2) is 22.7 Å². The summed E-state index contributed by atoms with van der Waals surface area (Å²) in [6.45, 7) is 0.556. The van der Waals surface area contributed by atoms with Crippen LogP contribution in [0.25, 0.3) is 10.6 Å². The van der Waals surface area contributed by atoms with Gasteiger partial charge in [-0.1, -0.05) is 41.9 Å². The highest BCUT2D eigenvalue weighted by Gasteiger charge is 2.14. The fourth-order valence-electron chi connectivity index (χ4n) is 2.39. The molecule has 0 saturated heterocycles. The predicted octanol–water partition coefficient (Wildman–Crippen LogP) is 5.17. The Morgan fingerprint density at radius 1 is 1.20 bits per heavy atom. The van der Waals surface area contributed by atoms with Crippen molar-refractivity contribution in [3.8, 4) is 16.3 Å². The number of carboxylic acid groups (broad SMARTS) is 1. The number of carbonyl (C=O) groups is 1. The first kappa shape index (κ1) is 17.5. The Morgan fingerprint density at radius 3 is 2.72 bits per heavy atom. The maximum Gasteiger partial charge on any atom is 0.355 e. The lowest BCUT2D eigenvalue weighted by Gasteiger charge is -2.10. The van der Waals surface area contributed by atoms with Gasteiger partial charge >= 0.3 is 5.97 Å². The topological polar surface area (TPSA) is 59.4 Å². The molecule has 6 heteroatoms. The third kappa shape index (κ3) is 4.59. The van der Waals surface area contributed by atoms with Crippen LogP contribution in [0.4, 0.5) is 0 Å². The van der Waals surface area contributed by atoms with E-state index < -0.39 is 5.97 Å². The average Bonchev–Trinajstić information content (AvgIpc) is 3.11. The molecule has 4 nitrogen and oxygen atoms in total. The Labute approximate surface area is 154 Å². The molecule has 2 aromatic carbocycles. The molecule has 0 saturated carbocycles. The standard InChI is InChI=1S/C19H16ClNO3S/c20-14-8-9-17(24-10-4-7-13-5-2-1-3-6-13)15(11-14)18-21-16(12-25-18)19(22)23/h1-3,5-6,8-9,11-12H,4,7,10H2,(H,22,23). The molecule has 0 unspecified atom stereocenters. The van der Waals surface area contributed by atoms with Gasteiger partial charge in [0, 0.05) is 10.4 Å². The zero-order chi connectivity index (χ0) is 17.6. The van der Waals surface area contributed by atoms with E-state index >= 15 is 0 Å². The minimum atomic E-state index is -1.05. The Balaban J connectivity index is 1.69. The second-order valence-electron chi connectivity index (χ2n) is 5.42. The number of hydrogen-bond acceptors (Lipinski definition) is 4. The Kier molecular flexibility index (Phi) is 5.68. The minimum Gasteiger partial charge on any atom is -0.493 e. The summed E-state index contributed by atoms with van der Waals surface area (Å²) in [5.74, 6) is -0.390. The summed E-state index contributed by atoms with van der Waals surface area (Å²) in [4.78, 5) is 15.2. The molecule has 3 rings (SSSR count). The van der Waals surface area contributed by atoms with Crippen LogP contribution in [0.3, 0.4) is 0 Å². The molecule has 0 aliphatic carbocycles. The number of nitrogens with zero attached hydrogens (tertiary/aromatic N) is 1. The molecule has 0 radical (unpaired) electrons. The zero-order valence-electron chi connectivity index (χ0n) is 13.3. The predicted molar refractivity (Wildman–Crippen MR) is 99.8 cm³/mol. The normalized spacial score (nSPS) is 10.6. The van der Waals surface area contributed by atoms with E-state index in [1.54, 1.807) is 18.2 Å². The Hall–Kier alpha value is -2.37. The summed E-state index contributed by atoms with van der Waals surface area (Å²) < 4.78 is 5.90. The summed E-state index contributed by atoms with van der Waals surface area (Å²) >= 11 is 7.34. The maximum atomic E-state index is 11.0. The van der Waals surface area contributed by atoms with Gasteiger partial charge < -0.3 is 9.84 Å². The fourth-order valence-corrected chi connectivity index (χ4v) is 3.38. The Bertz CT molecular complexity index is 864. The second-order valence-corrected chi connectivity index (χ2v) is 6.72. The highest BCUT2D eigenvalue weighted by Crippen LogP contribution is 2.34. The molecular weight excluding hydrogens is 358 g/mol. The van der Waals surface area contributed by atoms with Crippen molar-refractivity contribution in [3.05, 3.63) is 70.2 Å². The lowest BCUT2D eigenvalue weighted by Crippen LogP contribution is -2.01. The summed E-state index contributed by atoms with van der Waals surface area (Å²) in [6, 6.07) is 15.5. The summed E-state index contributed by atoms with van der Waals surface area (Å²) in [7, 11) is 0. The highest BCUT2D eigenvalue weighted by atomic mass is 35.5. The molecule has 128 valence electrons. The first-order chi connectivity index (χ1) is 12.1. The minimum absolute atomic E-state index is 0.0232. The van der Waals surface area contributed by atoms with E-state index in [9.17, 15) is 4.79 Å². The number of aromatic nitrogens is 1. The van der Waals surface area contributed by atoms with Crippen LogP contribution >= 0.6 is 22.9 Å². The van der Waals surface area contributed by atoms with Crippen molar-refractivity contribution in [1.29, 1.82) is 0 Å². The molecule has 25 heavy (non-hydrogen) atoms. The van der Waals surface area contributed by atoms with Crippen molar-refractivity contribution in [2.75, 3.05) is 6.61 Å². The van der Waals surface area contributed by atoms with Gasteiger partial charge in [-0.2, -0.15) is 0 Å². The van der Waals surface area contributed by atoms with Crippen molar-refractivity contribution in [2.24, 2.45) is 0 Å². The first-order valence-electron chi connectivity index (χ1n) is 7.79. The van der Waals surface area contributed by atoms with E-state index in [-0.39, 0.29) is 5.69 Å². The smallest absolute Gasteiger partial charge is 0.355 e. The molecule has 0 atom stereocenters. The van der Waals surface area contributed by atoms with Gasteiger partial charge in [0.2, 0.25) is 0 Å². The van der Waals surface area contributed by atoms with E-state index in [4.69, 9.17) is 21.4 Å². The van der Waals surface area contributed by atoms with Crippen LogP contribution in [0.1, 0.15) is 22.5 Å². The SMILES string of the molecule is O=C(O)c1csc(-c2cc(Cl)ccc2OCCCc2ccccc2)n1. The van der Waals surface area contributed by atoms with E-state index in [1.165, 1.54) is 22.3 Å². The van der Waals surface area contributed by atoms with Gasteiger partial charge in [-0.25, -0.2) is 9.78 Å².